The topological polar surface area (TPSA) is 95.7 Å². The molecule has 1 saturated heterocycles. The zero-order valence-corrected chi connectivity index (χ0v) is 21.0. The summed E-state index contributed by atoms with van der Waals surface area (Å²) in [6.07, 6.45) is 0.268. The Morgan fingerprint density at radius 1 is 1.14 bits per heavy atom. The van der Waals surface area contributed by atoms with Gasteiger partial charge in [-0.1, -0.05) is 13.8 Å². The van der Waals surface area contributed by atoms with Crippen molar-refractivity contribution in [2.24, 2.45) is 11.7 Å². The van der Waals surface area contributed by atoms with E-state index >= 15 is 0 Å². The highest BCUT2D eigenvalue weighted by Crippen LogP contribution is 2.35. The van der Waals surface area contributed by atoms with Crippen LogP contribution in [0.2, 0.25) is 0 Å². The van der Waals surface area contributed by atoms with E-state index in [1.165, 1.54) is 12.1 Å². The van der Waals surface area contributed by atoms with Crippen LogP contribution in [0.4, 0.5) is 10.2 Å². The quantitative estimate of drug-likeness (QED) is 0.411. The van der Waals surface area contributed by atoms with Gasteiger partial charge in [0.25, 0.3) is 0 Å². The predicted molar refractivity (Wildman–Crippen MR) is 136 cm³/mol. The highest BCUT2D eigenvalue weighted by Gasteiger charge is 2.34. The molecule has 1 aliphatic rings. The van der Waals surface area contributed by atoms with Gasteiger partial charge in [0.1, 0.15) is 29.2 Å². The van der Waals surface area contributed by atoms with Crippen LogP contribution in [0.1, 0.15) is 45.8 Å². The molecule has 8 heteroatoms. The van der Waals surface area contributed by atoms with Gasteiger partial charge in [0, 0.05) is 5.56 Å². The standard InChI is InChI=1S/C28H32FN3O4/c1-17(2)13-23(30)27(33)32-26-15-19(25-16-34-28(3,4)36-25)14-24(31-26)18-5-9-21(10-6-18)35-22-11-7-20(29)8-12-22/h5-12,14-15,17,23,25H,13,16,30H2,1-4H3,(H,31,32,33). The number of pyridine rings is 1. The molecule has 0 radical (unpaired) electrons. The molecule has 1 amide bonds. The summed E-state index contributed by atoms with van der Waals surface area (Å²) in [6, 6.07) is 16.3. The Balaban J connectivity index is 1.59. The van der Waals surface area contributed by atoms with E-state index in [0.29, 0.717) is 42.0 Å². The minimum atomic E-state index is -0.698. The number of amides is 1. The van der Waals surface area contributed by atoms with Crippen molar-refractivity contribution in [1.29, 1.82) is 0 Å². The normalized spacial score (nSPS) is 17.7. The number of rotatable bonds is 8. The van der Waals surface area contributed by atoms with E-state index in [2.05, 4.69) is 10.3 Å². The van der Waals surface area contributed by atoms with Gasteiger partial charge in [0.15, 0.2) is 5.79 Å². The Morgan fingerprint density at radius 2 is 1.78 bits per heavy atom. The second kappa shape index (κ2) is 10.7. The smallest absolute Gasteiger partial charge is 0.242 e. The molecule has 1 aliphatic heterocycles. The summed E-state index contributed by atoms with van der Waals surface area (Å²) in [5, 5.41) is 2.86. The number of nitrogens with zero attached hydrogens (tertiary/aromatic N) is 1. The van der Waals surface area contributed by atoms with Crippen molar-refractivity contribution in [3.05, 3.63) is 72.0 Å². The van der Waals surface area contributed by atoms with Gasteiger partial charge in [0.05, 0.1) is 18.3 Å². The molecule has 4 rings (SSSR count). The number of anilines is 1. The van der Waals surface area contributed by atoms with Crippen LogP contribution in [0.3, 0.4) is 0 Å². The lowest BCUT2D eigenvalue weighted by molar-refractivity contribution is -0.139. The van der Waals surface area contributed by atoms with Crippen molar-refractivity contribution < 1.29 is 23.4 Å². The zero-order chi connectivity index (χ0) is 25.9. The second-order valence-corrected chi connectivity index (χ2v) is 9.79. The first-order chi connectivity index (χ1) is 17.1. The molecule has 3 aromatic rings. The minimum Gasteiger partial charge on any atom is -0.457 e. The molecule has 0 aliphatic carbocycles. The van der Waals surface area contributed by atoms with Crippen molar-refractivity contribution in [2.45, 2.75) is 52.0 Å². The number of aromatic nitrogens is 1. The maximum Gasteiger partial charge on any atom is 0.242 e. The molecule has 190 valence electrons. The summed E-state index contributed by atoms with van der Waals surface area (Å²) in [5.41, 5.74) is 8.39. The maximum atomic E-state index is 13.2. The molecule has 1 aromatic heterocycles. The Hall–Kier alpha value is -3.33. The number of carbonyl (C=O) groups excluding carboxylic acids is 1. The zero-order valence-electron chi connectivity index (χ0n) is 21.0. The molecule has 0 spiro atoms. The third-order valence-corrected chi connectivity index (χ3v) is 5.74. The third kappa shape index (κ3) is 6.66. The van der Waals surface area contributed by atoms with Crippen LogP contribution in [-0.2, 0) is 14.3 Å². The van der Waals surface area contributed by atoms with Crippen molar-refractivity contribution in [1.82, 2.24) is 4.98 Å². The lowest BCUT2D eigenvalue weighted by atomic mass is 10.0. The molecule has 0 saturated carbocycles. The Morgan fingerprint density at radius 3 is 2.36 bits per heavy atom. The lowest BCUT2D eigenvalue weighted by Gasteiger charge is -2.19. The Labute approximate surface area is 210 Å². The molecule has 36 heavy (non-hydrogen) atoms. The van der Waals surface area contributed by atoms with Crippen LogP contribution in [0.25, 0.3) is 11.3 Å². The van der Waals surface area contributed by atoms with Crippen LogP contribution in [0.15, 0.2) is 60.7 Å². The molecule has 1 fully saturated rings. The summed E-state index contributed by atoms with van der Waals surface area (Å²) in [4.78, 5) is 17.4. The SMILES string of the molecule is CC(C)CC(N)C(=O)Nc1cc(C2COC(C)(C)O2)cc(-c2ccc(Oc3ccc(F)cc3)cc2)n1. The predicted octanol–water partition coefficient (Wildman–Crippen LogP) is 5.82. The van der Waals surface area contributed by atoms with Crippen LogP contribution in [-0.4, -0.2) is 29.3 Å². The van der Waals surface area contributed by atoms with Crippen LogP contribution < -0.4 is 15.8 Å². The molecule has 2 atom stereocenters. The fourth-order valence-corrected chi connectivity index (χ4v) is 3.97. The first kappa shape index (κ1) is 25.8. The largest absolute Gasteiger partial charge is 0.457 e. The number of ether oxygens (including phenoxy) is 3. The number of halogens is 1. The van der Waals surface area contributed by atoms with Crippen molar-refractivity contribution >= 4 is 11.7 Å². The number of nitrogens with one attached hydrogen (secondary N) is 1. The maximum absolute atomic E-state index is 13.2. The number of benzene rings is 2. The van der Waals surface area contributed by atoms with Gasteiger partial charge in [0.2, 0.25) is 5.91 Å². The first-order valence-corrected chi connectivity index (χ1v) is 12.0. The summed E-state index contributed by atoms with van der Waals surface area (Å²) < 4.78 is 30.7. The molecule has 0 bridgehead atoms. The van der Waals surface area contributed by atoms with E-state index in [1.54, 1.807) is 18.2 Å². The van der Waals surface area contributed by atoms with Crippen molar-refractivity contribution in [3.63, 3.8) is 0 Å². The van der Waals surface area contributed by atoms with Gasteiger partial charge in [-0.25, -0.2) is 9.37 Å². The number of hydrogen-bond donors (Lipinski definition) is 2. The highest BCUT2D eigenvalue weighted by molar-refractivity contribution is 5.94. The van der Waals surface area contributed by atoms with Gasteiger partial charge >= 0.3 is 0 Å². The molecular weight excluding hydrogens is 461 g/mol. The van der Waals surface area contributed by atoms with E-state index in [4.69, 9.17) is 19.9 Å². The first-order valence-electron chi connectivity index (χ1n) is 12.0. The average Bonchev–Trinajstić information content (AvgIpc) is 3.20. The number of carbonyl (C=O) groups is 1. The minimum absolute atomic E-state index is 0.286. The van der Waals surface area contributed by atoms with Crippen molar-refractivity contribution in [2.75, 3.05) is 11.9 Å². The van der Waals surface area contributed by atoms with Gasteiger partial charge in [-0.2, -0.15) is 0 Å². The molecule has 3 N–H and O–H groups in total. The van der Waals surface area contributed by atoms with Gasteiger partial charge in [-0.05, 0) is 92.4 Å². The second-order valence-electron chi connectivity index (χ2n) is 9.79. The Bertz CT molecular complexity index is 1200. The molecule has 2 unspecified atom stereocenters. The number of hydrogen-bond acceptors (Lipinski definition) is 6. The van der Waals surface area contributed by atoms with Crippen LogP contribution >= 0.6 is 0 Å². The van der Waals surface area contributed by atoms with E-state index in [9.17, 15) is 9.18 Å². The fraction of sp³-hybridized carbons (Fsp3) is 0.357. The van der Waals surface area contributed by atoms with Crippen molar-refractivity contribution in [3.8, 4) is 22.8 Å². The van der Waals surface area contributed by atoms with Gasteiger partial charge in [-0.15, -0.1) is 0 Å². The van der Waals surface area contributed by atoms with Crippen LogP contribution in [0, 0.1) is 11.7 Å². The van der Waals surface area contributed by atoms with Crippen LogP contribution in [0.5, 0.6) is 11.5 Å². The van der Waals surface area contributed by atoms with E-state index in [1.807, 2.05) is 58.0 Å². The van der Waals surface area contributed by atoms with E-state index in [-0.39, 0.29) is 17.8 Å². The van der Waals surface area contributed by atoms with E-state index in [0.717, 1.165) is 11.1 Å². The molecule has 2 heterocycles. The monoisotopic (exact) mass is 493 g/mol. The van der Waals surface area contributed by atoms with E-state index < -0.39 is 11.8 Å². The third-order valence-electron chi connectivity index (χ3n) is 5.74. The lowest BCUT2D eigenvalue weighted by Crippen LogP contribution is -2.36. The summed E-state index contributed by atoms with van der Waals surface area (Å²) in [5.74, 6) is 0.519. The Kier molecular flexibility index (Phi) is 7.68. The fourth-order valence-electron chi connectivity index (χ4n) is 3.97. The summed E-state index contributed by atoms with van der Waals surface area (Å²) >= 11 is 0. The van der Waals surface area contributed by atoms with Gasteiger partial charge < -0.3 is 25.3 Å². The molecular formula is C28H32FN3O4. The molecule has 7 nitrogen and oxygen atoms in total. The molecule has 2 aromatic carbocycles. The average molecular weight is 494 g/mol. The summed E-state index contributed by atoms with van der Waals surface area (Å²) in [7, 11) is 0. The number of nitrogens with two attached hydrogens (primary N) is 1. The highest BCUT2D eigenvalue weighted by atomic mass is 19.1. The summed E-state index contributed by atoms with van der Waals surface area (Å²) in [6.45, 7) is 8.16. The van der Waals surface area contributed by atoms with Gasteiger partial charge in [-0.3, -0.25) is 4.79 Å².